The fraction of sp³-hybridized carbons (Fsp3) is 0.450. The number of fused-ring (bicyclic) bond motifs is 1. The van der Waals surface area contributed by atoms with Crippen LogP contribution in [0, 0.1) is 0 Å². The summed E-state index contributed by atoms with van der Waals surface area (Å²) < 4.78 is 6.04. The van der Waals surface area contributed by atoms with Crippen molar-refractivity contribution in [1.82, 2.24) is 10.3 Å². The smallest absolute Gasteiger partial charge is 0.326 e. The minimum Gasteiger partial charge on any atom is -0.480 e. The number of amides is 1. The minimum absolute atomic E-state index is 0.0452. The van der Waals surface area contributed by atoms with Crippen LogP contribution in [-0.4, -0.2) is 42.9 Å². The molecule has 0 saturated heterocycles. The number of carboxylic acid groups (broad SMARTS) is 1. The van der Waals surface area contributed by atoms with Crippen molar-refractivity contribution in [2.45, 2.75) is 51.4 Å². The number of hydrogen-bond acceptors (Lipinski definition) is 4. The Balaban J connectivity index is 2.07. The van der Waals surface area contributed by atoms with Crippen molar-refractivity contribution >= 4 is 31.1 Å². The van der Waals surface area contributed by atoms with Crippen LogP contribution in [0.5, 0.6) is 0 Å². The van der Waals surface area contributed by atoms with Crippen LogP contribution >= 0.6 is 0 Å². The number of pyridine rings is 1. The minimum atomic E-state index is -1.96. The topological polar surface area (TPSA) is 88.5 Å². The van der Waals surface area contributed by atoms with E-state index < -0.39 is 26.2 Å². The molecule has 27 heavy (non-hydrogen) atoms. The predicted octanol–water partition coefficient (Wildman–Crippen LogP) is 3.83. The Labute approximate surface area is 161 Å². The molecule has 146 valence electrons. The third-order valence-electron chi connectivity index (χ3n) is 5.16. The molecule has 7 heteroatoms. The Morgan fingerprint density at radius 3 is 2.52 bits per heavy atom. The van der Waals surface area contributed by atoms with E-state index in [1.165, 1.54) is 0 Å². The summed E-state index contributed by atoms with van der Waals surface area (Å²) in [6, 6.07) is 7.91. The number of carbonyl (C=O) groups excluding carboxylic acids is 1. The zero-order chi connectivity index (χ0) is 20.2. The first-order chi connectivity index (χ1) is 12.5. The Kier molecular flexibility index (Phi) is 6.38. The fourth-order valence-corrected chi connectivity index (χ4v) is 3.49. The second kappa shape index (κ2) is 8.18. The molecule has 0 aliphatic carbocycles. The monoisotopic (exact) mass is 388 g/mol. The van der Waals surface area contributed by atoms with Crippen LogP contribution in [0.25, 0.3) is 10.9 Å². The molecule has 1 amide bonds. The van der Waals surface area contributed by atoms with Gasteiger partial charge in [-0.3, -0.25) is 9.78 Å². The van der Waals surface area contributed by atoms with Gasteiger partial charge in [0.05, 0.1) is 11.1 Å². The zero-order valence-corrected chi connectivity index (χ0v) is 17.6. The maximum absolute atomic E-state index is 12.6. The Hall–Kier alpha value is -2.25. The molecule has 1 aromatic carbocycles. The lowest BCUT2D eigenvalue weighted by atomic mass is 10.1. The Morgan fingerprint density at radius 1 is 1.22 bits per heavy atom. The van der Waals surface area contributed by atoms with Crippen molar-refractivity contribution in [3.63, 3.8) is 0 Å². The number of nitrogens with one attached hydrogen (secondary N) is 1. The van der Waals surface area contributed by atoms with Crippen molar-refractivity contribution in [3.05, 3.63) is 42.1 Å². The van der Waals surface area contributed by atoms with Gasteiger partial charge in [-0.25, -0.2) is 4.79 Å². The van der Waals surface area contributed by atoms with Crippen LogP contribution in [-0.2, 0) is 9.22 Å². The molecule has 2 rings (SSSR count). The number of aliphatic carboxylic acids is 1. The van der Waals surface area contributed by atoms with Crippen molar-refractivity contribution in [3.8, 4) is 0 Å². The number of rotatable bonds is 7. The molecule has 1 atom stereocenters. The molecule has 0 saturated carbocycles. The van der Waals surface area contributed by atoms with Crippen LogP contribution in [0.2, 0.25) is 18.1 Å². The average molecular weight is 389 g/mol. The molecule has 0 aliphatic heterocycles. The van der Waals surface area contributed by atoms with Crippen molar-refractivity contribution in [1.29, 1.82) is 0 Å². The SMILES string of the molecule is CC(C)(C)[Si](C)(C)OCC[C@@H](NC(=O)c1cccc2cccnc12)C(=O)O. The van der Waals surface area contributed by atoms with E-state index in [0.29, 0.717) is 17.7 Å². The van der Waals surface area contributed by atoms with Crippen LogP contribution < -0.4 is 5.32 Å². The summed E-state index contributed by atoms with van der Waals surface area (Å²) in [5, 5.41) is 13.0. The van der Waals surface area contributed by atoms with E-state index in [1.54, 1.807) is 24.4 Å². The van der Waals surface area contributed by atoms with Gasteiger partial charge >= 0.3 is 5.97 Å². The summed E-state index contributed by atoms with van der Waals surface area (Å²) in [4.78, 5) is 28.5. The number of aromatic nitrogens is 1. The Bertz CT molecular complexity index is 825. The molecule has 0 bridgehead atoms. The van der Waals surface area contributed by atoms with E-state index in [0.717, 1.165) is 5.39 Å². The average Bonchev–Trinajstić information content (AvgIpc) is 2.59. The first kappa shape index (κ1) is 21.1. The summed E-state index contributed by atoms with van der Waals surface area (Å²) in [6.45, 7) is 10.9. The van der Waals surface area contributed by atoms with Gasteiger partial charge in [-0.15, -0.1) is 0 Å². The first-order valence-electron chi connectivity index (χ1n) is 9.04. The van der Waals surface area contributed by atoms with E-state index in [1.807, 2.05) is 12.1 Å². The summed E-state index contributed by atoms with van der Waals surface area (Å²) in [6.07, 6.45) is 1.83. The molecule has 2 aromatic rings. The summed E-state index contributed by atoms with van der Waals surface area (Å²) in [7, 11) is -1.96. The fourth-order valence-electron chi connectivity index (χ4n) is 2.43. The maximum Gasteiger partial charge on any atom is 0.326 e. The van der Waals surface area contributed by atoms with Gasteiger partial charge in [0.1, 0.15) is 6.04 Å². The molecule has 0 radical (unpaired) electrons. The number of carbonyl (C=O) groups is 2. The number of para-hydroxylation sites is 1. The van der Waals surface area contributed by atoms with Crippen LogP contribution in [0.1, 0.15) is 37.6 Å². The third kappa shape index (κ3) is 5.14. The molecular formula is C20H28N2O4Si. The van der Waals surface area contributed by atoms with Crippen LogP contribution in [0.15, 0.2) is 36.5 Å². The molecule has 0 fully saturated rings. The number of nitrogens with zero attached hydrogens (tertiary/aromatic N) is 1. The van der Waals surface area contributed by atoms with Crippen molar-refractivity contribution in [2.24, 2.45) is 0 Å². The van der Waals surface area contributed by atoms with E-state index >= 15 is 0 Å². The van der Waals surface area contributed by atoms with Crippen molar-refractivity contribution < 1.29 is 19.1 Å². The highest BCUT2D eigenvalue weighted by Gasteiger charge is 2.37. The molecule has 2 N–H and O–H groups in total. The highest BCUT2D eigenvalue weighted by molar-refractivity contribution is 6.74. The number of carboxylic acids is 1. The van der Waals surface area contributed by atoms with Gasteiger partial charge in [-0.1, -0.05) is 39.0 Å². The van der Waals surface area contributed by atoms with E-state index in [4.69, 9.17) is 4.43 Å². The van der Waals surface area contributed by atoms with Crippen LogP contribution in [0.4, 0.5) is 0 Å². The number of benzene rings is 1. The van der Waals surface area contributed by atoms with Gasteiger partial charge < -0.3 is 14.8 Å². The molecule has 0 unspecified atom stereocenters. The quantitative estimate of drug-likeness (QED) is 0.704. The van der Waals surface area contributed by atoms with E-state index in [2.05, 4.69) is 44.2 Å². The normalized spacial score (nSPS) is 13.4. The highest BCUT2D eigenvalue weighted by atomic mass is 28.4. The third-order valence-corrected chi connectivity index (χ3v) is 9.69. The number of hydrogen-bond donors (Lipinski definition) is 2. The molecule has 1 heterocycles. The second-order valence-corrected chi connectivity index (χ2v) is 13.0. The molecule has 0 aliphatic rings. The lowest BCUT2D eigenvalue weighted by Crippen LogP contribution is -2.44. The Morgan fingerprint density at radius 2 is 1.89 bits per heavy atom. The van der Waals surface area contributed by atoms with Gasteiger partial charge in [0.25, 0.3) is 5.91 Å². The van der Waals surface area contributed by atoms with E-state index in [9.17, 15) is 14.7 Å². The molecule has 0 spiro atoms. The summed E-state index contributed by atoms with van der Waals surface area (Å²) >= 11 is 0. The van der Waals surface area contributed by atoms with Crippen molar-refractivity contribution in [2.75, 3.05) is 6.61 Å². The highest BCUT2D eigenvalue weighted by Crippen LogP contribution is 2.36. The lowest BCUT2D eigenvalue weighted by molar-refractivity contribution is -0.139. The van der Waals surface area contributed by atoms with Gasteiger partial charge in [0.2, 0.25) is 0 Å². The largest absolute Gasteiger partial charge is 0.480 e. The van der Waals surface area contributed by atoms with E-state index in [-0.39, 0.29) is 11.5 Å². The maximum atomic E-state index is 12.6. The first-order valence-corrected chi connectivity index (χ1v) is 11.9. The second-order valence-electron chi connectivity index (χ2n) is 8.14. The van der Waals surface area contributed by atoms with Gasteiger partial charge in [-0.05, 0) is 30.3 Å². The molecule has 1 aromatic heterocycles. The lowest BCUT2D eigenvalue weighted by Gasteiger charge is -2.36. The zero-order valence-electron chi connectivity index (χ0n) is 16.6. The summed E-state index contributed by atoms with van der Waals surface area (Å²) in [5.74, 6) is -1.52. The van der Waals surface area contributed by atoms with Crippen LogP contribution in [0.3, 0.4) is 0 Å². The van der Waals surface area contributed by atoms with Gasteiger partial charge in [0, 0.05) is 24.6 Å². The molecule has 6 nitrogen and oxygen atoms in total. The summed E-state index contributed by atoms with van der Waals surface area (Å²) in [5.41, 5.74) is 0.920. The molecular weight excluding hydrogens is 360 g/mol. The van der Waals surface area contributed by atoms with Gasteiger partial charge in [-0.2, -0.15) is 0 Å². The predicted molar refractivity (Wildman–Crippen MR) is 108 cm³/mol. The standard InChI is InChI=1S/C20H28N2O4Si/c1-20(2,3)27(4,5)26-13-11-16(19(24)25)22-18(23)15-10-6-8-14-9-7-12-21-17(14)15/h6-10,12,16H,11,13H2,1-5H3,(H,22,23)(H,24,25)/t16-/m1/s1. The van der Waals surface area contributed by atoms with Gasteiger partial charge in [0.15, 0.2) is 8.32 Å².